The molecule has 0 aromatic heterocycles. The van der Waals surface area contributed by atoms with Crippen molar-refractivity contribution in [3.05, 3.63) is 0 Å². The summed E-state index contributed by atoms with van der Waals surface area (Å²) >= 11 is 0. The lowest BCUT2D eigenvalue weighted by molar-refractivity contribution is -0.931. The number of unbranched alkanes of at least 4 members (excludes halogenated alkanes) is 2. The molecule has 164 valence electrons. The van der Waals surface area contributed by atoms with E-state index in [2.05, 4.69) is 13.8 Å². The lowest BCUT2D eigenvalue weighted by Gasteiger charge is -2.41. The highest BCUT2D eigenvalue weighted by Crippen LogP contribution is 2.20. The molecule has 0 atom stereocenters. The van der Waals surface area contributed by atoms with Crippen molar-refractivity contribution in [1.29, 1.82) is 0 Å². The van der Waals surface area contributed by atoms with Crippen LogP contribution in [-0.4, -0.2) is 74.5 Å². The van der Waals surface area contributed by atoms with E-state index in [1.54, 1.807) is 0 Å². The van der Waals surface area contributed by atoms with E-state index in [9.17, 15) is 0 Å². The minimum Gasteiger partial charge on any atom is -1.00 e. The minimum absolute atomic E-state index is 0. The summed E-state index contributed by atoms with van der Waals surface area (Å²) in [5, 5.41) is 0. The second kappa shape index (κ2) is 15.6. The van der Waals surface area contributed by atoms with Crippen LogP contribution in [0, 0.1) is 0 Å². The summed E-state index contributed by atoms with van der Waals surface area (Å²) in [6.45, 7) is 17.9. The van der Waals surface area contributed by atoms with E-state index >= 15 is 0 Å². The number of hydrogen-bond acceptors (Lipinski definition) is 1. The van der Waals surface area contributed by atoms with Gasteiger partial charge >= 0.3 is 0 Å². The number of likely N-dealkylation sites (tertiary alicyclic amines) is 2. The van der Waals surface area contributed by atoms with Crippen LogP contribution in [0.15, 0.2) is 0 Å². The highest BCUT2D eigenvalue weighted by atomic mass is 79.9. The van der Waals surface area contributed by atoms with E-state index in [4.69, 9.17) is 4.74 Å². The minimum atomic E-state index is 0. The van der Waals surface area contributed by atoms with Crippen molar-refractivity contribution in [1.82, 2.24) is 0 Å². The van der Waals surface area contributed by atoms with E-state index in [0.717, 1.165) is 13.2 Å². The number of rotatable bonds is 12. The standard InChI is InChI=1S/C22H46N2O.2BrH/c1-3-23(15-7-5-8-16-23)19-11-13-21-25-22-14-12-20-24(4-2)17-9-6-10-18-24;;/h3-22H2,1-2H3;2*1H/q+2;;/p-2. The summed E-state index contributed by atoms with van der Waals surface area (Å²) < 4.78 is 8.70. The highest BCUT2D eigenvalue weighted by Gasteiger charge is 2.28. The van der Waals surface area contributed by atoms with Crippen LogP contribution >= 0.6 is 0 Å². The number of nitrogens with zero attached hydrogens (tertiary/aromatic N) is 2. The number of quaternary nitrogens is 2. The van der Waals surface area contributed by atoms with Gasteiger partial charge in [0.1, 0.15) is 0 Å². The van der Waals surface area contributed by atoms with Gasteiger partial charge in [-0.3, -0.25) is 0 Å². The molecule has 0 spiro atoms. The lowest BCUT2D eigenvalue weighted by atomic mass is 10.1. The molecule has 2 saturated heterocycles. The van der Waals surface area contributed by atoms with Gasteiger partial charge in [-0.15, -0.1) is 0 Å². The molecule has 0 amide bonds. The third-order valence-corrected chi connectivity index (χ3v) is 7.21. The number of halogens is 2. The number of piperidine rings is 2. The first-order valence-corrected chi connectivity index (χ1v) is 11.5. The quantitative estimate of drug-likeness (QED) is 0.231. The topological polar surface area (TPSA) is 9.23 Å². The number of hydrogen-bond donors (Lipinski definition) is 0. The second-order valence-electron chi connectivity index (χ2n) is 8.81. The summed E-state index contributed by atoms with van der Waals surface area (Å²) in [5.41, 5.74) is 0. The number of ether oxygens (including phenoxy) is 1. The molecule has 27 heavy (non-hydrogen) atoms. The van der Waals surface area contributed by atoms with Gasteiger partial charge in [0.05, 0.1) is 52.4 Å². The Hall–Kier alpha value is 0.840. The molecular weight excluding hydrogens is 468 g/mol. The predicted molar refractivity (Wildman–Crippen MR) is 108 cm³/mol. The Morgan fingerprint density at radius 3 is 1.26 bits per heavy atom. The third-order valence-electron chi connectivity index (χ3n) is 7.21. The van der Waals surface area contributed by atoms with E-state index in [1.165, 1.54) is 126 Å². The third kappa shape index (κ3) is 9.93. The fourth-order valence-corrected chi connectivity index (χ4v) is 5.17. The molecule has 3 nitrogen and oxygen atoms in total. The van der Waals surface area contributed by atoms with Gasteiger partial charge in [-0.2, -0.15) is 0 Å². The molecule has 2 heterocycles. The van der Waals surface area contributed by atoms with Crippen LogP contribution in [-0.2, 0) is 4.74 Å². The first kappa shape index (κ1) is 27.8. The summed E-state index contributed by atoms with van der Waals surface area (Å²) in [6, 6.07) is 0. The molecule has 0 saturated carbocycles. The monoisotopic (exact) mass is 512 g/mol. The molecule has 0 bridgehead atoms. The van der Waals surface area contributed by atoms with Gasteiger partial charge in [0, 0.05) is 13.2 Å². The van der Waals surface area contributed by atoms with Gasteiger partial charge in [0.25, 0.3) is 0 Å². The second-order valence-corrected chi connectivity index (χ2v) is 8.81. The molecule has 2 fully saturated rings. The van der Waals surface area contributed by atoms with Crippen LogP contribution in [0.4, 0.5) is 0 Å². The molecule has 0 aliphatic carbocycles. The van der Waals surface area contributed by atoms with Crippen LogP contribution in [0.25, 0.3) is 0 Å². The van der Waals surface area contributed by atoms with Crippen molar-refractivity contribution in [3.63, 3.8) is 0 Å². The predicted octanol–water partition coefficient (Wildman–Crippen LogP) is -1.39. The van der Waals surface area contributed by atoms with Gasteiger partial charge in [0.2, 0.25) is 0 Å². The van der Waals surface area contributed by atoms with Crippen molar-refractivity contribution in [2.45, 2.75) is 78.1 Å². The first-order chi connectivity index (χ1) is 12.2. The fraction of sp³-hybridized carbons (Fsp3) is 1.00. The molecule has 0 radical (unpaired) electrons. The smallest absolute Gasteiger partial charge is 0.0787 e. The first-order valence-electron chi connectivity index (χ1n) is 11.5. The average molecular weight is 514 g/mol. The summed E-state index contributed by atoms with van der Waals surface area (Å²) in [5.74, 6) is 0. The zero-order valence-corrected chi connectivity index (χ0v) is 21.4. The molecular formula is C22H46Br2N2O. The van der Waals surface area contributed by atoms with Gasteiger partial charge in [-0.25, -0.2) is 0 Å². The molecule has 0 unspecified atom stereocenters. The lowest BCUT2D eigenvalue weighted by Crippen LogP contribution is -3.00. The van der Waals surface area contributed by atoms with Crippen LogP contribution in [0.2, 0.25) is 0 Å². The Balaban J connectivity index is 0.00000338. The molecule has 2 rings (SSSR count). The molecule has 2 aliphatic rings. The highest BCUT2D eigenvalue weighted by molar-refractivity contribution is 4.55. The SMILES string of the molecule is CC[N+]1(CCCCOCCCC[N+]2(CC)CCCCC2)CCCCC1.[Br-].[Br-]. The maximum absolute atomic E-state index is 5.93. The van der Waals surface area contributed by atoms with E-state index in [1.807, 2.05) is 0 Å². The van der Waals surface area contributed by atoms with Gasteiger partial charge in [-0.05, 0) is 78.1 Å². The Morgan fingerprint density at radius 1 is 0.556 bits per heavy atom. The molecule has 0 aromatic carbocycles. The van der Waals surface area contributed by atoms with Crippen molar-refractivity contribution < 1.29 is 47.7 Å². The Kier molecular flexibility index (Phi) is 16.1. The Labute approximate surface area is 190 Å². The summed E-state index contributed by atoms with van der Waals surface area (Å²) in [4.78, 5) is 0. The zero-order chi connectivity index (χ0) is 17.8. The summed E-state index contributed by atoms with van der Waals surface area (Å²) in [7, 11) is 0. The van der Waals surface area contributed by atoms with Crippen LogP contribution in [0.5, 0.6) is 0 Å². The maximum Gasteiger partial charge on any atom is 0.0787 e. The van der Waals surface area contributed by atoms with Crippen LogP contribution in [0.1, 0.15) is 78.1 Å². The molecule has 5 heteroatoms. The van der Waals surface area contributed by atoms with Crippen molar-refractivity contribution >= 4 is 0 Å². The van der Waals surface area contributed by atoms with Crippen molar-refractivity contribution in [2.24, 2.45) is 0 Å². The molecule has 2 aliphatic heterocycles. The van der Waals surface area contributed by atoms with Crippen molar-refractivity contribution in [2.75, 3.05) is 65.6 Å². The summed E-state index contributed by atoms with van der Waals surface area (Å²) in [6.07, 6.45) is 13.9. The van der Waals surface area contributed by atoms with E-state index in [-0.39, 0.29) is 34.0 Å². The molecule has 0 aromatic rings. The average Bonchev–Trinajstić information content (AvgIpc) is 2.68. The van der Waals surface area contributed by atoms with Crippen LogP contribution in [0.3, 0.4) is 0 Å². The fourth-order valence-electron chi connectivity index (χ4n) is 5.17. The largest absolute Gasteiger partial charge is 1.00 e. The van der Waals surface area contributed by atoms with Gasteiger partial charge in [-0.1, -0.05) is 0 Å². The van der Waals surface area contributed by atoms with Gasteiger partial charge in [0.15, 0.2) is 0 Å². The maximum atomic E-state index is 5.93. The Bertz CT molecular complexity index is 311. The molecule has 0 N–H and O–H groups in total. The van der Waals surface area contributed by atoms with Crippen LogP contribution < -0.4 is 34.0 Å². The van der Waals surface area contributed by atoms with E-state index < -0.39 is 0 Å². The normalized spacial score (nSPS) is 21.1. The van der Waals surface area contributed by atoms with E-state index in [0.29, 0.717) is 0 Å². The van der Waals surface area contributed by atoms with Gasteiger partial charge < -0.3 is 47.7 Å². The Morgan fingerprint density at radius 2 is 0.926 bits per heavy atom. The van der Waals surface area contributed by atoms with Crippen molar-refractivity contribution in [3.8, 4) is 0 Å². The zero-order valence-electron chi connectivity index (χ0n) is 18.2.